The number of hydrogen-bond acceptors (Lipinski definition) is 2. The van der Waals surface area contributed by atoms with Crippen LogP contribution in [0.2, 0.25) is 0 Å². The minimum atomic E-state index is -0.147. The third-order valence-electron chi connectivity index (χ3n) is 2.39. The van der Waals surface area contributed by atoms with Gasteiger partial charge in [0.1, 0.15) is 6.10 Å². The highest BCUT2D eigenvalue weighted by Crippen LogP contribution is 2.34. The van der Waals surface area contributed by atoms with Crippen LogP contribution in [0.5, 0.6) is 0 Å². The first kappa shape index (κ1) is 11.8. The van der Waals surface area contributed by atoms with Gasteiger partial charge in [0.25, 0.3) is 0 Å². The van der Waals surface area contributed by atoms with E-state index in [9.17, 15) is 4.79 Å². The van der Waals surface area contributed by atoms with E-state index in [4.69, 9.17) is 4.74 Å². The summed E-state index contributed by atoms with van der Waals surface area (Å²) in [5.74, 6) is 0.226. The highest BCUT2D eigenvalue weighted by Gasteiger charge is 2.39. The molecule has 0 aromatic carbocycles. The molecule has 1 heterocycles. The van der Waals surface area contributed by atoms with Crippen LogP contribution in [0.3, 0.4) is 0 Å². The summed E-state index contributed by atoms with van der Waals surface area (Å²) >= 11 is 3.48. The number of allylic oxidation sites excluding steroid dienone is 1. The van der Waals surface area contributed by atoms with Crippen molar-refractivity contribution in [3.05, 3.63) is 10.1 Å². The fourth-order valence-electron chi connectivity index (χ4n) is 1.50. The van der Waals surface area contributed by atoms with E-state index in [2.05, 4.69) is 36.7 Å². The fraction of sp³-hybridized carbons (Fsp3) is 0.727. The fourth-order valence-corrected chi connectivity index (χ4v) is 2.16. The predicted molar refractivity (Wildman–Crippen MR) is 60.2 cm³/mol. The van der Waals surface area contributed by atoms with Crippen molar-refractivity contribution in [3.8, 4) is 0 Å². The molecule has 0 bridgehead atoms. The Morgan fingerprint density at radius 3 is 2.64 bits per heavy atom. The summed E-state index contributed by atoms with van der Waals surface area (Å²) in [7, 11) is 0. The van der Waals surface area contributed by atoms with Crippen LogP contribution in [-0.4, -0.2) is 12.1 Å². The second-order valence-electron chi connectivity index (χ2n) is 3.99. The molecule has 1 rings (SSSR count). The van der Waals surface area contributed by atoms with Gasteiger partial charge in [-0.25, -0.2) is 4.79 Å². The molecule has 1 unspecified atom stereocenters. The molecule has 0 aromatic heterocycles. The summed E-state index contributed by atoms with van der Waals surface area (Å²) in [5, 5.41) is 0. The quantitative estimate of drug-likeness (QED) is 0.572. The monoisotopic (exact) mass is 260 g/mol. The number of esters is 1. The highest BCUT2D eigenvalue weighted by atomic mass is 79.9. The first-order valence-electron chi connectivity index (χ1n) is 5.17. The summed E-state index contributed by atoms with van der Waals surface area (Å²) in [6, 6.07) is 0. The van der Waals surface area contributed by atoms with E-state index in [1.165, 1.54) is 0 Å². The van der Waals surface area contributed by atoms with E-state index in [0.29, 0.717) is 5.92 Å². The minimum absolute atomic E-state index is 0.00808. The lowest BCUT2D eigenvalue weighted by Crippen LogP contribution is -2.41. The second kappa shape index (κ2) is 4.96. The predicted octanol–water partition coefficient (Wildman–Crippen LogP) is 3.41. The van der Waals surface area contributed by atoms with Crippen molar-refractivity contribution in [1.82, 2.24) is 0 Å². The molecule has 2 nitrogen and oxygen atoms in total. The Balaban J connectivity index is 2.67. The molecule has 1 aliphatic heterocycles. The maximum atomic E-state index is 11.2. The van der Waals surface area contributed by atoms with E-state index < -0.39 is 0 Å². The number of halogens is 1. The van der Waals surface area contributed by atoms with E-state index in [1.807, 2.05) is 0 Å². The molecule has 3 heteroatoms. The third-order valence-corrected chi connectivity index (χ3v) is 3.21. The molecule has 0 aliphatic carbocycles. The lowest BCUT2D eigenvalue weighted by molar-refractivity contribution is -0.159. The summed E-state index contributed by atoms with van der Waals surface area (Å²) in [4.78, 5) is 11.2. The van der Waals surface area contributed by atoms with Gasteiger partial charge in [-0.3, -0.25) is 0 Å². The van der Waals surface area contributed by atoms with Crippen molar-refractivity contribution < 1.29 is 9.53 Å². The zero-order chi connectivity index (χ0) is 10.7. The zero-order valence-corrected chi connectivity index (χ0v) is 10.6. The standard InChI is InChI=1S/C11H17BrO2/c1-4-5-6-8(12)9-10(7(2)3)14-11(9)13/h7,10H,4-6H2,1-3H3/b9-8-. The lowest BCUT2D eigenvalue weighted by atomic mass is 9.93. The average Bonchev–Trinajstić information content (AvgIpc) is 2.10. The van der Waals surface area contributed by atoms with Crippen LogP contribution >= 0.6 is 15.9 Å². The smallest absolute Gasteiger partial charge is 0.339 e. The van der Waals surface area contributed by atoms with Gasteiger partial charge < -0.3 is 4.74 Å². The lowest BCUT2D eigenvalue weighted by Gasteiger charge is -2.33. The number of ether oxygens (including phenoxy) is 1. The molecule has 1 aliphatic rings. The molecule has 1 atom stereocenters. The number of carbonyl (C=O) groups is 1. The van der Waals surface area contributed by atoms with Gasteiger partial charge in [-0.2, -0.15) is 0 Å². The van der Waals surface area contributed by atoms with E-state index in [1.54, 1.807) is 0 Å². The van der Waals surface area contributed by atoms with Crippen LogP contribution < -0.4 is 0 Å². The summed E-state index contributed by atoms with van der Waals surface area (Å²) in [5.41, 5.74) is 0.855. The van der Waals surface area contributed by atoms with Gasteiger partial charge in [-0.15, -0.1) is 0 Å². The molecule has 0 spiro atoms. The topological polar surface area (TPSA) is 26.3 Å². The van der Waals surface area contributed by atoms with Crippen molar-refractivity contribution in [2.45, 2.75) is 46.1 Å². The highest BCUT2D eigenvalue weighted by molar-refractivity contribution is 9.11. The van der Waals surface area contributed by atoms with Gasteiger partial charge in [-0.1, -0.05) is 43.1 Å². The Hall–Kier alpha value is -0.310. The van der Waals surface area contributed by atoms with Crippen molar-refractivity contribution in [1.29, 1.82) is 0 Å². The Morgan fingerprint density at radius 1 is 1.57 bits per heavy atom. The Morgan fingerprint density at radius 2 is 2.21 bits per heavy atom. The molecule has 0 radical (unpaired) electrons. The molecule has 0 saturated carbocycles. The molecule has 80 valence electrons. The third kappa shape index (κ3) is 2.38. The van der Waals surface area contributed by atoms with Gasteiger partial charge >= 0.3 is 5.97 Å². The van der Waals surface area contributed by atoms with Crippen LogP contribution in [-0.2, 0) is 9.53 Å². The van der Waals surface area contributed by atoms with Crippen LogP contribution in [0.4, 0.5) is 0 Å². The van der Waals surface area contributed by atoms with Crippen molar-refractivity contribution in [3.63, 3.8) is 0 Å². The van der Waals surface area contributed by atoms with Crippen LogP contribution in [0.25, 0.3) is 0 Å². The number of rotatable bonds is 4. The summed E-state index contributed by atoms with van der Waals surface area (Å²) in [6.45, 7) is 6.28. The van der Waals surface area contributed by atoms with Gasteiger partial charge in [0, 0.05) is 4.48 Å². The largest absolute Gasteiger partial charge is 0.453 e. The normalized spacial score (nSPS) is 24.6. The molecular formula is C11H17BrO2. The Labute approximate surface area is 93.8 Å². The zero-order valence-electron chi connectivity index (χ0n) is 8.97. The number of carbonyl (C=O) groups excluding carboxylic acids is 1. The maximum Gasteiger partial charge on any atom is 0.339 e. The molecule has 0 amide bonds. The number of hydrogen-bond donors (Lipinski definition) is 0. The van der Waals surface area contributed by atoms with Gasteiger partial charge in [0.05, 0.1) is 5.57 Å². The number of unbranched alkanes of at least 4 members (excludes halogenated alkanes) is 1. The minimum Gasteiger partial charge on any atom is -0.453 e. The van der Waals surface area contributed by atoms with Crippen molar-refractivity contribution in [2.75, 3.05) is 0 Å². The molecule has 14 heavy (non-hydrogen) atoms. The van der Waals surface area contributed by atoms with Crippen molar-refractivity contribution >= 4 is 21.9 Å². The first-order chi connectivity index (χ1) is 6.57. The molecule has 1 fully saturated rings. The van der Waals surface area contributed by atoms with E-state index in [-0.39, 0.29) is 12.1 Å². The molecule has 0 N–H and O–H groups in total. The SMILES string of the molecule is CCCC/C(Br)=C1/C(=O)OC1C(C)C. The van der Waals surface area contributed by atoms with Crippen LogP contribution in [0.15, 0.2) is 10.1 Å². The van der Waals surface area contributed by atoms with Gasteiger partial charge in [-0.05, 0) is 18.8 Å². The van der Waals surface area contributed by atoms with Gasteiger partial charge in [0.2, 0.25) is 0 Å². The number of cyclic esters (lactones) is 1. The average molecular weight is 261 g/mol. The Bertz CT molecular complexity index is 256. The van der Waals surface area contributed by atoms with E-state index >= 15 is 0 Å². The molecule has 1 saturated heterocycles. The first-order valence-corrected chi connectivity index (χ1v) is 5.96. The van der Waals surface area contributed by atoms with Gasteiger partial charge in [0.15, 0.2) is 0 Å². The molecular weight excluding hydrogens is 244 g/mol. The van der Waals surface area contributed by atoms with Crippen molar-refractivity contribution in [2.24, 2.45) is 5.92 Å². The summed E-state index contributed by atoms with van der Waals surface area (Å²) < 4.78 is 6.12. The van der Waals surface area contributed by atoms with Crippen LogP contribution in [0.1, 0.15) is 40.0 Å². The molecule has 0 aromatic rings. The second-order valence-corrected chi connectivity index (χ2v) is 4.95. The summed E-state index contributed by atoms with van der Waals surface area (Å²) in [6.07, 6.45) is 3.21. The van der Waals surface area contributed by atoms with Crippen LogP contribution in [0, 0.1) is 5.92 Å². The Kier molecular flexibility index (Phi) is 4.17. The maximum absolute atomic E-state index is 11.2. The van der Waals surface area contributed by atoms with E-state index in [0.717, 1.165) is 29.3 Å².